The molecule has 8 heteroatoms. The molecule has 126 valence electrons. The van der Waals surface area contributed by atoms with E-state index in [9.17, 15) is 20.2 Å². The fraction of sp³-hybridized carbons (Fsp3) is 0.250. The smallest absolute Gasteiger partial charge is 0.280 e. The Bertz CT molecular complexity index is 710. The first kappa shape index (κ1) is 17.2. The summed E-state index contributed by atoms with van der Waals surface area (Å²) in [6.07, 6.45) is 0. The maximum atomic E-state index is 10.9. The first-order valence-electron chi connectivity index (χ1n) is 7.41. The standard InChI is InChI=1S/C16H17N3O5/c1-3-17(4-2)12-5-7-15(8-6-12)24-16-10-13(18(20)21)9-14(11-16)19(22)23/h5-11H,3-4H2,1-2H3. The van der Waals surface area contributed by atoms with Crippen molar-refractivity contribution in [3.8, 4) is 11.5 Å². The quantitative estimate of drug-likeness (QED) is 0.558. The highest BCUT2D eigenvalue weighted by Gasteiger charge is 2.17. The van der Waals surface area contributed by atoms with Gasteiger partial charge in [0, 0.05) is 18.8 Å². The van der Waals surface area contributed by atoms with Crippen LogP contribution in [0, 0.1) is 20.2 Å². The molecule has 2 aromatic carbocycles. The van der Waals surface area contributed by atoms with E-state index in [-0.39, 0.29) is 17.1 Å². The van der Waals surface area contributed by atoms with E-state index in [0.717, 1.165) is 37.0 Å². The van der Waals surface area contributed by atoms with Crippen LogP contribution in [0.2, 0.25) is 0 Å². The van der Waals surface area contributed by atoms with Gasteiger partial charge >= 0.3 is 0 Å². The highest BCUT2D eigenvalue weighted by molar-refractivity contribution is 5.52. The van der Waals surface area contributed by atoms with Crippen molar-refractivity contribution >= 4 is 17.1 Å². The molecule has 0 spiro atoms. The van der Waals surface area contributed by atoms with E-state index in [1.165, 1.54) is 0 Å². The van der Waals surface area contributed by atoms with Gasteiger partial charge in [-0.1, -0.05) is 0 Å². The van der Waals surface area contributed by atoms with Crippen LogP contribution in [0.5, 0.6) is 11.5 Å². The van der Waals surface area contributed by atoms with Gasteiger partial charge in [0.05, 0.1) is 28.0 Å². The zero-order chi connectivity index (χ0) is 17.7. The maximum Gasteiger partial charge on any atom is 0.280 e. The number of anilines is 1. The zero-order valence-electron chi connectivity index (χ0n) is 13.3. The van der Waals surface area contributed by atoms with Gasteiger partial charge in [0.2, 0.25) is 0 Å². The maximum absolute atomic E-state index is 10.9. The number of non-ortho nitro benzene ring substituents is 2. The molecule has 0 aliphatic rings. The Hall–Kier alpha value is -3.16. The summed E-state index contributed by atoms with van der Waals surface area (Å²) < 4.78 is 5.53. The predicted molar refractivity (Wildman–Crippen MR) is 89.8 cm³/mol. The third kappa shape index (κ3) is 3.97. The van der Waals surface area contributed by atoms with Gasteiger partial charge in [-0.3, -0.25) is 20.2 Å². The molecule has 8 nitrogen and oxygen atoms in total. The van der Waals surface area contributed by atoms with Crippen LogP contribution in [0.15, 0.2) is 42.5 Å². The summed E-state index contributed by atoms with van der Waals surface area (Å²) in [5, 5.41) is 21.8. The monoisotopic (exact) mass is 331 g/mol. The molecule has 0 aromatic heterocycles. The van der Waals surface area contributed by atoms with Crippen LogP contribution in [0.4, 0.5) is 17.1 Å². The van der Waals surface area contributed by atoms with Crippen LogP contribution in [-0.2, 0) is 0 Å². The number of hydrogen-bond donors (Lipinski definition) is 0. The van der Waals surface area contributed by atoms with Crippen molar-refractivity contribution in [2.45, 2.75) is 13.8 Å². The van der Waals surface area contributed by atoms with Crippen LogP contribution < -0.4 is 9.64 Å². The topological polar surface area (TPSA) is 98.8 Å². The lowest BCUT2D eigenvalue weighted by Gasteiger charge is -2.21. The van der Waals surface area contributed by atoms with E-state index in [1.54, 1.807) is 12.1 Å². The molecule has 0 radical (unpaired) electrons. The van der Waals surface area contributed by atoms with Crippen molar-refractivity contribution in [3.05, 3.63) is 62.7 Å². The fourth-order valence-corrected chi connectivity index (χ4v) is 2.29. The van der Waals surface area contributed by atoms with Crippen LogP contribution in [0.25, 0.3) is 0 Å². The van der Waals surface area contributed by atoms with Gasteiger partial charge in [-0.2, -0.15) is 0 Å². The van der Waals surface area contributed by atoms with E-state index in [4.69, 9.17) is 4.74 Å². The van der Waals surface area contributed by atoms with Gasteiger partial charge in [0.15, 0.2) is 0 Å². The Morgan fingerprint density at radius 2 is 1.38 bits per heavy atom. The van der Waals surface area contributed by atoms with Crippen LogP contribution in [0.1, 0.15) is 13.8 Å². The lowest BCUT2D eigenvalue weighted by molar-refractivity contribution is -0.394. The second-order valence-corrected chi connectivity index (χ2v) is 4.97. The Morgan fingerprint density at radius 1 is 0.875 bits per heavy atom. The largest absolute Gasteiger partial charge is 0.457 e. The van der Waals surface area contributed by atoms with Crippen molar-refractivity contribution < 1.29 is 14.6 Å². The number of rotatable bonds is 7. The van der Waals surface area contributed by atoms with Gasteiger partial charge in [-0.05, 0) is 38.1 Å². The Balaban J connectivity index is 2.27. The van der Waals surface area contributed by atoms with Crippen molar-refractivity contribution in [2.24, 2.45) is 0 Å². The zero-order valence-corrected chi connectivity index (χ0v) is 13.3. The average molecular weight is 331 g/mol. The van der Waals surface area contributed by atoms with Crippen LogP contribution in [-0.4, -0.2) is 22.9 Å². The van der Waals surface area contributed by atoms with Gasteiger partial charge in [-0.25, -0.2) is 0 Å². The molecular weight excluding hydrogens is 314 g/mol. The van der Waals surface area contributed by atoms with Crippen LogP contribution in [0.3, 0.4) is 0 Å². The minimum atomic E-state index is -0.691. The van der Waals surface area contributed by atoms with Gasteiger partial charge < -0.3 is 9.64 Å². The summed E-state index contributed by atoms with van der Waals surface area (Å²) in [4.78, 5) is 22.5. The molecule has 0 atom stereocenters. The number of hydrogen-bond acceptors (Lipinski definition) is 6. The first-order valence-corrected chi connectivity index (χ1v) is 7.41. The SMILES string of the molecule is CCN(CC)c1ccc(Oc2cc([N+](=O)[O-])cc([N+](=O)[O-])c2)cc1. The molecular formula is C16H17N3O5. The number of nitro benzene ring substituents is 2. The summed E-state index contributed by atoms with van der Waals surface area (Å²) in [6, 6.07) is 10.4. The normalized spacial score (nSPS) is 10.2. The molecule has 0 aliphatic heterocycles. The Kier molecular flexibility index (Phi) is 5.31. The lowest BCUT2D eigenvalue weighted by atomic mass is 10.2. The highest BCUT2D eigenvalue weighted by atomic mass is 16.6. The molecule has 0 fully saturated rings. The third-order valence-electron chi connectivity index (χ3n) is 3.50. The van der Waals surface area contributed by atoms with E-state index in [0.29, 0.717) is 5.75 Å². The van der Waals surface area contributed by atoms with Crippen LogP contribution >= 0.6 is 0 Å². The molecule has 0 saturated heterocycles. The van der Waals surface area contributed by atoms with Crippen molar-refractivity contribution in [2.75, 3.05) is 18.0 Å². The molecule has 2 aromatic rings. The van der Waals surface area contributed by atoms with E-state index < -0.39 is 9.85 Å². The summed E-state index contributed by atoms with van der Waals surface area (Å²) in [5.74, 6) is 0.493. The average Bonchev–Trinajstić information content (AvgIpc) is 2.57. The number of benzene rings is 2. The number of ether oxygens (including phenoxy) is 1. The van der Waals surface area contributed by atoms with E-state index in [2.05, 4.69) is 18.7 Å². The van der Waals surface area contributed by atoms with Crippen molar-refractivity contribution in [1.29, 1.82) is 0 Å². The summed E-state index contributed by atoms with van der Waals surface area (Å²) in [6.45, 7) is 5.84. The minimum absolute atomic E-state index is 0.0477. The second kappa shape index (κ2) is 7.40. The summed E-state index contributed by atoms with van der Waals surface area (Å²) in [5.41, 5.74) is 0.246. The molecule has 0 unspecified atom stereocenters. The molecule has 0 aliphatic carbocycles. The Labute approximate surface area is 138 Å². The molecule has 0 heterocycles. The first-order chi connectivity index (χ1) is 11.4. The highest BCUT2D eigenvalue weighted by Crippen LogP contribution is 2.31. The molecule has 0 bridgehead atoms. The lowest BCUT2D eigenvalue weighted by Crippen LogP contribution is -2.21. The van der Waals surface area contributed by atoms with E-state index in [1.807, 2.05) is 12.1 Å². The Morgan fingerprint density at radius 3 is 1.79 bits per heavy atom. The van der Waals surface area contributed by atoms with Crippen molar-refractivity contribution in [1.82, 2.24) is 0 Å². The third-order valence-corrected chi connectivity index (χ3v) is 3.50. The van der Waals surface area contributed by atoms with Crippen molar-refractivity contribution in [3.63, 3.8) is 0 Å². The van der Waals surface area contributed by atoms with Gasteiger partial charge in [0.25, 0.3) is 11.4 Å². The molecule has 0 saturated carbocycles. The predicted octanol–water partition coefficient (Wildman–Crippen LogP) is 4.14. The second-order valence-electron chi connectivity index (χ2n) is 4.97. The summed E-state index contributed by atoms with van der Waals surface area (Å²) >= 11 is 0. The van der Waals surface area contributed by atoms with Gasteiger partial charge in [0.1, 0.15) is 11.5 Å². The molecule has 2 rings (SSSR count). The number of nitro groups is 2. The number of nitrogens with zero attached hydrogens (tertiary/aromatic N) is 3. The molecule has 24 heavy (non-hydrogen) atoms. The molecule has 0 amide bonds. The fourth-order valence-electron chi connectivity index (χ4n) is 2.29. The van der Waals surface area contributed by atoms with Gasteiger partial charge in [-0.15, -0.1) is 0 Å². The molecule has 0 N–H and O–H groups in total. The van der Waals surface area contributed by atoms with E-state index >= 15 is 0 Å². The summed E-state index contributed by atoms with van der Waals surface area (Å²) in [7, 11) is 0. The minimum Gasteiger partial charge on any atom is -0.457 e.